The number of pyridine rings is 1. The smallest absolute Gasteiger partial charge is 0.320 e. The number of benzene rings is 1. The average molecular weight is 885 g/mol. The fourth-order valence-corrected chi connectivity index (χ4v) is 10.4. The van der Waals surface area contributed by atoms with Crippen LogP contribution in [0.25, 0.3) is 33.4 Å². The van der Waals surface area contributed by atoms with Gasteiger partial charge in [0.25, 0.3) is 5.91 Å². The number of fused-ring (bicyclic) bond motifs is 6. The molecule has 0 radical (unpaired) electrons. The molecule has 15 nitrogen and oxygen atoms in total. The van der Waals surface area contributed by atoms with E-state index < -0.39 is 34.9 Å². The van der Waals surface area contributed by atoms with E-state index in [1.54, 1.807) is 32.4 Å². The molecule has 0 unspecified atom stereocenters. The minimum absolute atomic E-state index is 0.0481. The van der Waals surface area contributed by atoms with E-state index >= 15 is 0 Å². The van der Waals surface area contributed by atoms with Crippen LogP contribution in [-0.2, 0) is 48.0 Å². The Hall–Kier alpha value is -4.74. The van der Waals surface area contributed by atoms with Gasteiger partial charge in [-0.3, -0.25) is 19.6 Å². The lowest BCUT2D eigenvalue weighted by atomic mass is 9.84. The van der Waals surface area contributed by atoms with Crippen LogP contribution in [0.3, 0.4) is 0 Å². The van der Waals surface area contributed by atoms with E-state index in [4.69, 9.17) is 24.2 Å². The van der Waals surface area contributed by atoms with Crippen molar-refractivity contribution in [2.24, 2.45) is 17.3 Å². The second-order valence-corrected chi connectivity index (χ2v) is 19.6. The molecule has 6 bridgehead atoms. The summed E-state index contributed by atoms with van der Waals surface area (Å²) in [4.78, 5) is 68.8. The van der Waals surface area contributed by atoms with Gasteiger partial charge in [-0.2, -0.15) is 0 Å². The molecule has 3 aliphatic rings. The summed E-state index contributed by atoms with van der Waals surface area (Å²) in [6.07, 6.45) is 4.19. The molecule has 63 heavy (non-hydrogen) atoms. The Morgan fingerprint density at radius 3 is 2.63 bits per heavy atom. The maximum Gasteiger partial charge on any atom is 0.320 e. The standard InChI is InChI=1S/C47H64N8O7S/c1-10-54-38-15-14-32-19-34(38)35(42(54)33-13-11-17-48-40(33)30(4)61-9)21-46(5,6)27-62-28-47(26-56)16-12-18-55(51-47)44(58)36(20-39-49-37(32)25-63-39)50-43(57)41(29(2)3)52(7)45(59)53-22-31(23-53)24-60-8/h11,13-15,17,19,25-26,29-31,36,41,51H,10,12,16,18,20-24,27-28H2,1-9H3,(H,50,57)/t30-,36-,41-,47-/m0/s1. The van der Waals surface area contributed by atoms with E-state index in [0.717, 1.165) is 57.5 Å². The maximum absolute atomic E-state index is 14.7. The highest BCUT2D eigenvalue weighted by Crippen LogP contribution is 2.42. The third-order valence-corrected chi connectivity index (χ3v) is 13.6. The number of hydrogen-bond acceptors (Lipinski definition) is 11. The van der Waals surface area contributed by atoms with Gasteiger partial charge in [0.15, 0.2) is 0 Å². The monoisotopic (exact) mass is 884 g/mol. The molecule has 3 aliphatic heterocycles. The van der Waals surface area contributed by atoms with Gasteiger partial charge in [-0.25, -0.2) is 15.2 Å². The van der Waals surface area contributed by atoms with E-state index in [-0.39, 0.29) is 37.0 Å². The van der Waals surface area contributed by atoms with E-state index in [0.29, 0.717) is 57.1 Å². The molecule has 1 aromatic carbocycles. The van der Waals surface area contributed by atoms with Crippen LogP contribution in [-0.4, -0.2) is 132 Å². The van der Waals surface area contributed by atoms with E-state index in [1.165, 1.54) is 21.2 Å². The Kier molecular flexibility index (Phi) is 14.1. The first-order chi connectivity index (χ1) is 30.1. The Labute approximate surface area is 374 Å². The van der Waals surface area contributed by atoms with Crippen molar-refractivity contribution in [2.45, 2.75) is 97.5 Å². The molecule has 0 aliphatic carbocycles. The molecule has 3 aromatic heterocycles. The number of aryl methyl sites for hydroxylation is 1. The third kappa shape index (κ3) is 9.56. The molecule has 2 saturated heterocycles. The number of nitrogens with one attached hydrogen (secondary N) is 2. The molecule has 4 aromatic rings. The third-order valence-electron chi connectivity index (χ3n) is 12.8. The summed E-state index contributed by atoms with van der Waals surface area (Å²) in [5, 5.41) is 8.24. The number of thiazole rings is 1. The van der Waals surface area contributed by atoms with Crippen molar-refractivity contribution in [2.75, 3.05) is 60.7 Å². The zero-order chi connectivity index (χ0) is 45.2. The second-order valence-electron chi connectivity index (χ2n) is 18.6. The maximum atomic E-state index is 14.7. The molecule has 340 valence electrons. The van der Waals surface area contributed by atoms with Crippen molar-refractivity contribution in [3.05, 3.63) is 58.2 Å². The number of hydrogen-bond donors (Lipinski definition) is 2. The molecular weight excluding hydrogens is 821 g/mol. The number of ether oxygens (including phenoxy) is 3. The summed E-state index contributed by atoms with van der Waals surface area (Å²) in [7, 11) is 4.98. The number of likely N-dealkylation sites (N-methyl/N-ethyl adjacent to an activating group) is 1. The lowest BCUT2D eigenvalue weighted by Crippen LogP contribution is -2.67. The van der Waals surface area contributed by atoms with Crippen molar-refractivity contribution >= 4 is 46.4 Å². The highest BCUT2D eigenvalue weighted by molar-refractivity contribution is 7.10. The van der Waals surface area contributed by atoms with Gasteiger partial charge in [-0.1, -0.05) is 33.8 Å². The molecule has 7 rings (SSSR count). The predicted molar refractivity (Wildman–Crippen MR) is 243 cm³/mol. The van der Waals surface area contributed by atoms with Gasteiger partial charge in [-0.05, 0) is 74.3 Å². The van der Waals surface area contributed by atoms with Crippen LogP contribution < -0.4 is 10.7 Å². The van der Waals surface area contributed by atoms with Crippen LogP contribution in [0.15, 0.2) is 41.9 Å². The van der Waals surface area contributed by atoms with Crippen molar-refractivity contribution in [1.82, 2.24) is 40.1 Å². The zero-order valence-electron chi connectivity index (χ0n) is 38.2. The lowest BCUT2D eigenvalue weighted by molar-refractivity contribution is -0.147. The van der Waals surface area contributed by atoms with E-state index in [9.17, 15) is 19.2 Å². The van der Waals surface area contributed by atoms with Gasteiger partial charge in [-0.15, -0.1) is 11.3 Å². The summed E-state index contributed by atoms with van der Waals surface area (Å²) >= 11 is 1.43. The number of rotatable bonds is 11. The van der Waals surface area contributed by atoms with Gasteiger partial charge in [0.1, 0.15) is 23.9 Å². The summed E-state index contributed by atoms with van der Waals surface area (Å²) in [5.41, 5.74) is 8.55. The summed E-state index contributed by atoms with van der Waals surface area (Å²) in [6.45, 7) is 15.4. The van der Waals surface area contributed by atoms with E-state index in [2.05, 4.69) is 60.3 Å². The number of aromatic nitrogens is 3. The van der Waals surface area contributed by atoms with Gasteiger partial charge in [0, 0.05) is 93.4 Å². The van der Waals surface area contributed by atoms with Crippen LogP contribution in [0, 0.1) is 17.3 Å². The first kappa shape index (κ1) is 46.3. The van der Waals surface area contributed by atoms with Crippen LogP contribution in [0.5, 0.6) is 0 Å². The minimum Gasteiger partial charge on any atom is -0.384 e. The largest absolute Gasteiger partial charge is 0.384 e. The average Bonchev–Trinajstić information content (AvgIpc) is 3.84. The number of amides is 4. The molecule has 4 atom stereocenters. The molecule has 0 spiro atoms. The highest BCUT2D eigenvalue weighted by Gasteiger charge is 2.42. The van der Waals surface area contributed by atoms with Crippen molar-refractivity contribution < 1.29 is 33.4 Å². The van der Waals surface area contributed by atoms with Gasteiger partial charge in [0.05, 0.1) is 48.0 Å². The van der Waals surface area contributed by atoms with Crippen LogP contribution >= 0.6 is 11.3 Å². The van der Waals surface area contributed by atoms with Gasteiger partial charge < -0.3 is 38.7 Å². The number of hydrazine groups is 1. The van der Waals surface area contributed by atoms with Crippen molar-refractivity contribution in [3.8, 4) is 22.5 Å². The minimum atomic E-state index is -1.16. The molecule has 2 N–H and O–H groups in total. The van der Waals surface area contributed by atoms with Gasteiger partial charge in [0.2, 0.25) is 5.91 Å². The number of carbonyl (C=O) groups excluding carboxylic acids is 4. The number of aldehydes is 1. The normalized spacial score (nSPS) is 21.7. The quantitative estimate of drug-likeness (QED) is 0.174. The number of urea groups is 1. The summed E-state index contributed by atoms with van der Waals surface area (Å²) in [6, 6.07) is 8.38. The Bertz CT molecular complexity index is 2300. The predicted octanol–water partition coefficient (Wildman–Crippen LogP) is 5.90. The number of carbonyl (C=O) groups is 4. The molecule has 2 fully saturated rings. The molecule has 6 heterocycles. The SMILES string of the molecule is CCn1c(-c2cccnc2[C@H](C)OC)c2c3cc(ccc31)-c1csc(n1)C[C@H](NC(=O)[C@H](C(C)C)N(C)C(=O)N1CC(COC)C1)C(=O)N1CCC[C@](C=O)(COCC(C)(C)C2)N1. The number of likely N-dealkylation sites (tertiary alicyclic amines) is 1. The number of methoxy groups -OCH3 is 2. The molecule has 0 saturated carbocycles. The topological polar surface area (TPSA) is 160 Å². The van der Waals surface area contributed by atoms with Crippen molar-refractivity contribution in [1.29, 1.82) is 0 Å². The van der Waals surface area contributed by atoms with Gasteiger partial charge >= 0.3 is 6.03 Å². The highest BCUT2D eigenvalue weighted by atomic mass is 32.1. The van der Waals surface area contributed by atoms with Crippen LogP contribution in [0.4, 0.5) is 4.79 Å². The fourth-order valence-electron chi connectivity index (χ4n) is 9.51. The number of nitrogens with zero attached hydrogens (tertiary/aromatic N) is 6. The molecule has 4 amide bonds. The van der Waals surface area contributed by atoms with Crippen LogP contribution in [0.1, 0.15) is 76.8 Å². The molecular formula is C47H64N8O7S. The first-order valence-corrected chi connectivity index (χ1v) is 23.0. The summed E-state index contributed by atoms with van der Waals surface area (Å²) < 4.78 is 19.9. The molecule has 16 heteroatoms. The Morgan fingerprint density at radius 1 is 1.16 bits per heavy atom. The van der Waals surface area contributed by atoms with E-state index in [1.807, 2.05) is 32.2 Å². The zero-order valence-corrected chi connectivity index (χ0v) is 39.0. The second kappa shape index (κ2) is 19.2. The summed E-state index contributed by atoms with van der Waals surface area (Å²) in [5.74, 6) is -0.847. The Balaban J connectivity index is 1.29. The van der Waals surface area contributed by atoms with Crippen LogP contribution in [0.2, 0.25) is 0 Å². The lowest BCUT2D eigenvalue weighted by Gasteiger charge is -2.43. The van der Waals surface area contributed by atoms with Crippen molar-refractivity contribution in [3.63, 3.8) is 0 Å². The fraction of sp³-hybridized carbons (Fsp3) is 0.574. The Morgan fingerprint density at radius 2 is 1.94 bits per heavy atom. The first-order valence-electron chi connectivity index (χ1n) is 22.1.